The molecule has 0 aromatic heterocycles. The first-order valence-electron chi connectivity index (χ1n) is 27.4. The molecule has 1 atom stereocenters. The summed E-state index contributed by atoms with van der Waals surface area (Å²) in [5, 5.41) is 0. The second-order valence-electron chi connectivity index (χ2n) is 18.1. The maximum absolute atomic E-state index is 12.8. The van der Waals surface area contributed by atoms with Gasteiger partial charge in [-0.3, -0.25) is 14.4 Å². The second kappa shape index (κ2) is 53.5. The number of unbranched alkanes of at least 4 members (excludes halogenated alkanes) is 26. The Morgan fingerprint density at radius 1 is 0.323 bits per heavy atom. The Morgan fingerprint density at radius 2 is 0.600 bits per heavy atom. The number of esters is 3. The van der Waals surface area contributed by atoms with Crippen molar-refractivity contribution in [3.63, 3.8) is 0 Å². The zero-order chi connectivity index (χ0) is 47.2. The summed E-state index contributed by atoms with van der Waals surface area (Å²) in [4.78, 5) is 38.0. The quantitative estimate of drug-likeness (QED) is 0.0262. The van der Waals surface area contributed by atoms with Gasteiger partial charge in [-0.2, -0.15) is 0 Å². The molecule has 0 fully saturated rings. The maximum atomic E-state index is 12.8. The predicted molar refractivity (Wildman–Crippen MR) is 279 cm³/mol. The first-order valence-corrected chi connectivity index (χ1v) is 27.4. The number of ether oxygens (including phenoxy) is 3. The Balaban J connectivity index is 4.38. The highest BCUT2D eigenvalue weighted by molar-refractivity contribution is 5.71. The third-order valence-corrected chi connectivity index (χ3v) is 11.7. The molecular weight excluding hydrogens is 805 g/mol. The number of hydrogen-bond donors (Lipinski definition) is 0. The van der Waals surface area contributed by atoms with Gasteiger partial charge in [0, 0.05) is 19.3 Å². The van der Waals surface area contributed by atoms with Gasteiger partial charge in [0.15, 0.2) is 6.10 Å². The number of carbonyl (C=O) groups excluding carboxylic acids is 3. The molecule has 0 spiro atoms. The van der Waals surface area contributed by atoms with Crippen LogP contribution in [-0.2, 0) is 28.6 Å². The lowest BCUT2D eigenvalue weighted by atomic mass is 10.0. The van der Waals surface area contributed by atoms with Crippen molar-refractivity contribution in [1.82, 2.24) is 0 Å². The molecule has 0 aliphatic heterocycles. The molecule has 0 N–H and O–H groups in total. The van der Waals surface area contributed by atoms with E-state index in [1.165, 1.54) is 103 Å². The van der Waals surface area contributed by atoms with E-state index in [4.69, 9.17) is 14.2 Å². The van der Waals surface area contributed by atoms with Crippen molar-refractivity contribution in [2.45, 2.75) is 271 Å². The highest BCUT2D eigenvalue weighted by atomic mass is 16.6. The van der Waals surface area contributed by atoms with Crippen molar-refractivity contribution in [3.05, 3.63) is 72.9 Å². The van der Waals surface area contributed by atoms with Crippen LogP contribution in [-0.4, -0.2) is 37.2 Å². The molecule has 374 valence electrons. The molecule has 0 rings (SSSR count). The van der Waals surface area contributed by atoms with Crippen molar-refractivity contribution >= 4 is 17.9 Å². The summed E-state index contributed by atoms with van der Waals surface area (Å²) in [5.41, 5.74) is 0. The first-order chi connectivity index (χ1) is 32.0. The molecule has 6 heteroatoms. The molecule has 1 unspecified atom stereocenters. The van der Waals surface area contributed by atoms with Gasteiger partial charge in [0.05, 0.1) is 0 Å². The normalized spacial score (nSPS) is 12.6. The van der Waals surface area contributed by atoms with Gasteiger partial charge in [-0.25, -0.2) is 0 Å². The molecule has 0 radical (unpaired) electrons. The Kier molecular flexibility index (Phi) is 50.9. The zero-order valence-corrected chi connectivity index (χ0v) is 42.7. The van der Waals surface area contributed by atoms with Crippen molar-refractivity contribution in [3.8, 4) is 0 Å². The molecule has 0 aromatic carbocycles. The van der Waals surface area contributed by atoms with Gasteiger partial charge in [-0.1, -0.05) is 229 Å². The summed E-state index contributed by atoms with van der Waals surface area (Å²) in [7, 11) is 0. The molecule has 0 heterocycles. The fraction of sp³-hybridized carbons (Fsp3) is 0.746. The average Bonchev–Trinajstić information content (AvgIpc) is 3.30. The molecule has 0 aliphatic rings. The van der Waals surface area contributed by atoms with E-state index in [-0.39, 0.29) is 31.1 Å². The Labute approximate surface area is 402 Å². The van der Waals surface area contributed by atoms with Crippen LogP contribution in [0, 0.1) is 0 Å². The summed E-state index contributed by atoms with van der Waals surface area (Å²) < 4.78 is 16.8. The topological polar surface area (TPSA) is 78.9 Å². The summed E-state index contributed by atoms with van der Waals surface area (Å²) in [6.45, 7) is 6.50. The number of carbonyl (C=O) groups is 3. The predicted octanol–water partition coefficient (Wildman–Crippen LogP) is 18.2. The van der Waals surface area contributed by atoms with Crippen LogP contribution in [0.2, 0.25) is 0 Å². The van der Waals surface area contributed by atoms with Crippen LogP contribution in [0.5, 0.6) is 0 Å². The monoisotopic (exact) mass is 907 g/mol. The fourth-order valence-corrected chi connectivity index (χ4v) is 7.58. The highest BCUT2D eigenvalue weighted by Gasteiger charge is 2.19. The average molecular weight is 907 g/mol. The van der Waals surface area contributed by atoms with Crippen molar-refractivity contribution in [2.24, 2.45) is 0 Å². The summed E-state index contributed by atoms with van der Waals surface area (Å²) in [6, 6.07) is 0. The summed E-state index contributed by atoms with van der Waals surface area (Å²) in [6.07, 6.45) is 67.4. The molecule has 0 bridgehead atoms. The lowest BCUT2D eigenvalue weighted by Crippen LogP contribution is -2.30. The standard InChI is InChI=1S/C59H102O6/c1-4-7-10-13-16-19-22-25-26-27-28-29-30-31-32-35-37-40-43-46-49-52-58(61)64-55-56(65-59(62)53-50-47-44-41-38-34-24-21-18-15-12-9-6-3)54-63-57(60)51-48-45-42-39-36-33-23-20-17-14-11-8-5-2/h7,10,16,19,21,24-26,28-29,31-32,56H,4-6,8-9,11-15,17-18,20,22-23,27,30,33-55H2,1-3H3/b10-7-,19-16-,24-21-,26-25-,29-28-,32-31-. The third kappa shape index (κ3) is 51.7. The van der Waals surface area contributed by atoms with Gasteiger partial charge in [-0.15, -0.1) is 0 Å². The van der Waals surface area contributed by atoms with E-state index in [9.17, 15) is 14.4 Å². The number of rotatable bonds is 49. The minimum atomic E-state index is -0.785. The maximum Gasteiger partial charge on any atom is 0.306 e. The molecule has 65 heavy (non-hydrogen) atoms. The lowest BCUT2D eigenvalue weighted by molar-refractivity contribution is -0.167. The Bertz CT molecular complexity index is 1230. The summed E-state index contributed by atoms with van der Waals surface area (Å²) in [5.74, 6) is -0.906. The van der Waals surface area contributed by atoms with Gasteiger partial charge in [0.1, 0.15) is 13.2 Å². The molecule has 0 amide bonds. The Hall–Kier alpha value is -3.15. The minimum Gasteiger partial charge on any atom is -0.462 e. The van der Waals surface area contributed by atoms with E-state index >= 15 is 0 Å². The largest absolute Gasteiger partial charge is 0.462 e. The van der Waals surface area contributed by atoms with Crippen molar-refractivity contribution in [2.75, 3.05) is 13.2 Å². The van der Waals surface area contributed by atoms with Crippen LogP contribution in [0.3, 0.4) is 0 Å². The lowest BCUT2D eigenvalue weighted by Gasteiger charge is -2.18. The SMILES string of the molecule is CC/C=C\C/C=C\C/C=C\C/C=C\C/C=C\CCCCCCCC(=O)OCC(COC(=O)CCCCCCCCCCCCCCC)OC(=O)CCCCCCC/C=C\CCCCCC. The van der Waals surface area contributed by atoms with Gasteiger partial charge >= 0.3 is 17.9 Å². The molecular formula is C59H102O6. The van der Waals surface area contributed by atoms with E-state index in [2.05, 4.69) is 93.7 Å². The minimum absolute atomic E-state index is 0.0830. The van der Waals surface area contributed by atoms with Crippen LogP contribution in [0.1, 0.15) is 265 Å². The molecule has 0 saturated heterocycles. The molecule has 0 aromatic rings. The van der Waals surface area contributed by atoms with Crippen molar-refractivity contribution in [1.29, 1.82) is 0 Å². The van der Waals surface area contributed by atoms with E-state index in [0.29, 0.717) is 19.3 Å². The van der Waals surface area contributed by atoms with Crippen LogP contribution in [0.15, 0.2) is 72.9 Å². The third-order valence-electron chi connectivity index (χ3n) is 11.7. The highest BCUT2D eigenvalue weighted by Crippen LogP contribution is 2.15. The van der Waals surface area contributed by atoms with Gasteiger partial charge in [-0.05, 0) is 89.9 Å². The van der Waals surface area contributed by atoms with Gasteiger partial charge < -0.3 is 14.2 Å². The molecule has 0 saturated carbocycles. The Morgan fingerprint density at radius 3 is 0.969 bits per heavy atom. The second-order valence-corrected chi connectivity index (χ2v) is 18.1. The van der Waals surface area contributed by atoms with E-state index < -0.39 is 6.10 Å². The van der Waals surface area contributed by atoms with E-state index in [0.717, 1.165) is 122 Å². The first kappa shape index (κ1) is 61.9. The van der Waals surface area contributed by atoms with E-state index in [1.54, 1.807) is 0 Å². The van der Waals surface area contributed by atoms with Crippen molar-refractivity contribution < 1.29 is 28.6 Å². The van der Waals surface area contributed by atoms with Gasteiger partial charge in [0.25, 0.3) is 0 Å². The number of hydrogen-bond acceptors (Lipinski definition) is 6. The van der Waals surface area contributed by atoms with Crippen LogP contribution < -0.4 is 0 Å². The van der Waals surface area contributed by atoms with E-state index in [1.807, 2.05) is 0 Å². The smallest absolute Gasteiger partial charge is 0.306 e. The molecule has 6 nitrogen and oxygen atoms in total. The van der Waals surface area contributed by atoms with Crippen LogP contribution in [0.4, 0.5) is 0 Å². The number of allylic oxidation sites excluding steroid dienone is 12. The van der Waals surface area contributed by atoms with Gasteiger partial charge in [0.2, 0.25) is 0 Å². The molecule has 0 aliphatic carbocycles. The summed E-state index contributed by atoms with van der Waals surface area (Å²) >= 11 is 0. The fourth-order valence-electron chi connectivity index (χ4n) is 7.58. The van der Waals surface area contributed by atoms with Crippen LogP contribution in [0.25, 0.3) is 0 Å². The van der Waals surface area contributed by atoms with Crippen LogP contribution >= 0.6 is 0 Å². The zero-order valence-electron chi connectivity index (χ0n) is 42.7.